The van der Waals surface area contributed by atoms with Gasteiger partial charge in [0, 0.05) is 18.2 Å². The van der Waals surface area contributed by atoms with E-state index in [1.165, 1.54) is 19.3 Å². The van der Waals surface area contributed by atoms with Gasteiger partial charge in [0.2, 0.25) is 6.79 Å². The van der Waals surface area contributed by atoms with Gasteiger partial charge in [0.25, 0.3) is 5.91 Å². The van der Waals surface area contributed by atoms with Crippen LogP contribution in [0.3, 0.4) is 0 Å². The number of carbonyl (C=O) groups is 2. The summed E-state index contributed by atoms with van der Waals surface area (Å²) in [5.41, 5.74) is 0.586. The minimum absolute atomic E-state index is 0.186. The molecule has 1 saturated carbocycles. The van der Waals surface area contributed by atoms with Crippen molar-refractivity contribution < 1.29 is 23.8 Å². The highest BCUT2D eigenvalue weighted by molar-refractivity contribution is 5.93. The summed E-state index contributed by atoms with van der Waals surface area (Å²) >= 11 is 0. The van der Waals surface area contributed by atoms with Gasteiger partial charge in [-0.05, 0) is 30.9 Å². The molecule has 0 spiro atoms. The molecule has 0 atom stereocenters. The Morgan fingerprint density at radius 1 is 1.13 bits per heavy atom. The number of anilines is 1. The maximum Gasteiger partial charge on any atom is 0.306 e. The highest BCUT2D eigenvalue weighted by Gasteiger charge is 2.19. The summed E-state index contributed by atoms with van der Waals surface area (Å²) in [5, 5.41) is 2.68. The fraction of sp³-hybridized carbons (Fsp3) is 0.529. The third-order valence-corrected chi connectivity index (χ3v) is 4.20. The molecule has 0 bridgehead atoms. The molecule has 23 heavy (non-hydrogen) atoms. The van der Waals surface area contributed by atoms with Crippen LogP contribution in [0.1, 0.15) is 38.5 Å². The van der Waals surface area contributed by atoms with E-state index in [0.29, 0.717) is 29.5 Å². The average Bonchev–Trinajstić information content (AvgIpc) is 3.01. The zero-order valence-electron chi connectivity index (χ0n) is 13.0. The van der Waals surface area contributed by atoms with Crippen molar-refractivity contribution in [3.63, 3.8) is 0 Å². The quantitative estimate of drug-likeness (QED) is 0.845. The van der Waals surface area contributed by atoms with Gasteiger partial charge in [-0.3, -0.25) is 9.59 Å². The Hall–Kier alpha value is -2.24. The van der Waals surface area contributed by atoms with Crippen molar-refractivity contribution in [2.45, 2.75) is 38.5 Å². The predicted molar refractivity (Wildman–Crippen MR) is 83.3 cm³/mol. The van der Waals surface area contributed by atoms with E-state index in [-0.39, 0.29) is 25.3 Å². The topological polar surface area (TPSA) is 73.9 Å². The van der Waals surface area contributed by atoms with E-state index in [9.17, 15) is 9.59 Å². The SMILES string of the molecule is O=C(COC(=O)CC1CCCCC1)Nc1ccc2c(c1)OCO2. The van der Waals surface area contributed by atoms with Gasteiger partial charge in [-0.25, -0.2) is 0 Å². The lowest BCUT2D eigenvalue weighted by molar-refractivity contribution is -0.148. The molecule has 0 unspecified atom stereocenters. The van der Waals surface area contributed by atoms with Crippen LogP contribution in [0.2, 0.25) is 0 Å². The van der Waals surface area contributed by atoms with Gasteiger partial charge in [0.15, 0.2) is 18.1 Å². The summed E-state index contributed by atoms with van der Waals surface area (Å²) in [6, 6.07) is 5.13. The van der Waals surface area contributed by atoms with E-state index in [4.69, 9.17) is 14.2 Å². The van der Waals surface area contributed by atoms with Crippen LogP contribution in [-0.4, -0.2) is 25.3 Å². The van der Waals surface area contributed by atoms with Gasteiger partial charge in [-0.15, -0.1) is 0 Å². The Morgan fingerprint density at radius 2 is 1.91 bits per heavy atom. The lowest BCUT2D eigenvalue weighted by atomic mass is 9.87. The van der Waals surface area contributed by atoms with Crippen LogP contribution in [0.4, 0.5) is 5.69 Å². The molecule has 1 aromatic carbocycles. The van der Waals surface area contributed by atoms with Crippen molar-refractivity contribution in [3.05, 3.63) is 18.2 Å². The zero-order chi connectivity index (χ0) is 16.1. The third-order valence-electron chi connectivity index (χ3n) is 4.20. The Bertz CT molecular complexity index is 580. The van der Waals surface area contributed by atoms with Gasteiger partial charge in [0.05, 0.1) is 0 Å². The van der Waals surface area contributed by atoms with Gasteiger partial charge in [-0.2, -0.15) is 0 Å². The van der Waals surface area contributed by atoms with Crippen molar-refractivity contribution in [2.75, 3.05) is 18.7 Å². The predicted octanol–water partition coefficient (Wildman–Crippen LogP) is 2.87. The summed E-state index contributed by atoms with van der Waals surface area (Å²) in [4.78, 5) is 23.6. The number of benzene rings is 1. The number of hydrogen-bond acceptors (Lipinski definition) is 5. The first-order valence-electron chi connectivity index (χ1n) is 8.06. The van der Waals surface area contributed by atoms with Gasteiger partial charge < -0.3 is 19.5 Å². The molecular weight excluding hydrogens is 298 g/mol. The van der Waals surface area contributed by atoms with Crippen LogP contribution in [0.25, 0.3) is 0 Å². The smallest absolute Gasteiger partial charge is 0.306 e. The lowest BCUT2D eigenvalue weighted by Gasteiger charge is -2.20. The third kappa shape index (κ3) is 4.37. The lowest BCUT2D eigenvalue weighted by Crippen LogP contribution is -2.22. The molecule has 1 heterocycles. The van der Waals surface area contributed by atoms with Crippen molar-refractivity contribution in [2.24, 2.45) is 5.92 Å². The minimum atomic E-state index is -0.360. The van der Waals surface area contributed by atoms with E-state index >= 15 is 0 Å². The molecule has 2 aliphatic rings. The summed E-state index contributed by atoms with van der Waals surface area (Å²) < 4.78 is 15.5. The normalized spacial score (nSPS) is 16.9. The van der Waals surface area contributed by atoms with Crippen molar-refractivity contribution in [1.82, 2.24) is 0 Å². The van der Waals surface area contributed by atoms with Gasteiger partial charge in [0.1, 0.15) is 0 Å². The number of fused-ring (bicyclic) bond motifs is 1. The Balaban J connectivity index is 1.41. The first kappa shape index (κ1) is 15.6. The largest absolute Gasteiger partial charge is 0.456 e. The van der Waals surface area contributed by atoms with Crippen molar-refractivity contribution in [3.8, 4) is 11.5 Å². The first-order valence-corrected chi connectivity index (χ1v) is 8.06. The number of carbonyl (C=O) groups excluding carboxylic acids is 2. The molecule has 1 N–H and O–H groups in total. The molecule has 124 valence electrons. The highest BCUT2D eigenvalue weighted by atomic mass is 16.7. The fourth-order valence-corrected chi connectivity index (χ4v) is 3.00. The molecule has 1 aliphatic carbocycles. The number of amides is 1. The Labute approximate surface area is 135 Å². The summed E-state index contributed by atoms with van der Waals surface area (Å²) in [6.45, 7) is -0.0779. The summed E-state index contributed by atoms with van der Waals surface area (Å²) in [6.07, 6.45) is 6.20. The van der Waals surface area contributed by atoms with Gasteiger partial charge >= 0.3 is 5.97 Å². The van der Waals surface area contributed by atoms with Crippen LogP contribution in [0, 0.1) is 5.92 Å². The van der Waals surface area contributed by atoms with E-state index < -0.39 is 0 Å². The number of nitrogens with one attached hydrogen (secondary N) is 1. The summed E-state index contributed by atoms with van der Waals surface area (Å²) in [7, 11) is 0. The van der Waals surface area contributed by atoms with E-state index in [2.05, 4.69) is 5.32 Å². The molecule has 0 radical (unpaired) electrons. The van der Waals surface area contributed by atoms with Crippen molar-refractivity contribution in [1.29, 1.82) is 0 Å². The monoisotopic (exact) mass is 319 g/mol. The number of hydrogen-bond donors (Lipinski definition) is 1. The van der Waals surface area contributed by atoms with Gasteiger partial charge in [-0.1, -0.05) is 19.3 Å². The van der Waals surface area contributed by atoms with E-state index in [0.717, 1.165) is 12.8 Å². The maximum atomic E-state index is 11.8. The number of rotatable bonds is 5. The molecule has 3 rings (SSSR count). The standard InChI is InChI=1S/C17H21NO5/c19-16(10-21-17(20)8-12-4-2-1-3-5-12)18-13-6-7-14-15(9-13)23-11-22-14/h6-7,9,12H,1-5,8,10-11H2,(H,18,19). The van der Waals surface area contributed by atoms with Crippen molar-refractivity contribution >= 4 is 17.6 Å². The Kier molecular flexibility index (Phi) is 5.00. The number of esters is 1. The zero-order valence-corrected chi connectivity index (χ0v) is 13.0. The highest BCUT2D eigenvalue weighted by Crippen LogP contribution is 2.34. The van der Waals surface area contributed by atoms with Crippen LogP contribution < -0.4 is 14.8 Å². The molecule has 6 nitrogen and oxygen atoms in total. The maximum absolute atomic E-state index is 11.8. The van der Waals surface area contributed by atoms with Crippen LogP contribution in [0.5, 0.6) is 11.5 Å². The number of ether oxygens (including phenoxy) is 3. The molecule has 1 fully saturated rings. The van der Waals surface area contributed by atoms with Crippen LogP contribution >= 0.6 is 0 Å². The fourth-order valence-electron chi connectivity index (χ4n) is 3.00. The molecule has 0 saturated heterocycles. The second-order valence-corrected chi connectivity index (χ2v) is 5.99. The molecule has 6 heteroatoms. The molecule has 0 aromatic heterocycles. The average molecular weight is 319 g/mol. The van der Waals surface area contributed by atoms with E-state index in [1.54, 1.807) is 18.2 Å². The second kappa shape index (κ2) is 7.35. The second-order valence-electron chi connectivity index (χ2n) is 5.99. The first-order chi connectivity index (χ1) is 11.2. The van der Waals surface area contributed by atoms with E-state index in [1.807, 2.05) is 0 Å². The van der Waals surface area contributed by atoms with Crippen LogP contribution in [-0.2, 0) is 14.3 Å². The molecule has 1 aliphatic heterocycles. The molecular formula is C17H21NO5. The Morgan fingerprint density at radius 3 is 2.74 bits per heavy atom. The summed E-state index contributed by atoms with van der Waals surface area (Å²) in [5.74, 6) is 1.01. The molecule has 1 aromatic rings. The molecule has 1 amide bonds. The van der Waals surface area contributed by atoms with Crippen LogP contribution in [0.15, 0.2) is 18.2 Å². The minimum Gasteiger partial charge on any atom is -0.456 e.